The molecule has 6 heteroatoms. The number of piperidine rings is 1. The first-order valence-corrected chi connectivity index (χ1v) is 11.0. The number of amides is 2. The highest BCUT2D eigenvalue weighted by Gasteiger charge is 2.32. The number of hydrogen-bond donors (Lipinski definition) is 1. The van der Waals surface area contributed by atoms with Gasteiger partial charge >= 0.3 is 0 Å². The number of rotatable bonds is 5. The Hall–Kier alpha value is -1.75. The van der Waals surface area contributed by atoms with Gasteiger partial charge in [0.1, 0.15) is 11.9 Å². The fourth-order valence-electron chi connectivity index (χ4n) is 4.36. The summed E-state index contributed by atoms with van der Waals surface area (Å²) in [6.45, 7) is 1.50. The average molecular weight is 405 g/mol. The maximum absolute atomic E-state index is 12.4. The number of nitrogens with zero attached hydrogens (tertiary/aromatic N) is 1. The van der Waals surface area contributed by atoms with Crippen LogP contribution >= 0.6 is 11.6 Å². The molecule has 1 heterocycles. The van der Waals surface area contributed by atoms with E-state index in [1.165, 1.54) is 19.3 Å². The van der Waals surface area contributed by atoms with Crippen molar-refractivity contribution in [3.63, 3.8) is 0 Å². The second-order valence-electron chi connectivity index (χ2n) is 8.37. The lowest BCUT2D eigenvalue weighted by Gasteiger charge is -2.36. The van der Waals surface area contributed by atoms with Gasteiger partial charge in [-0.1, -0.05) is 30.9 Å². The van der Waals surface area contributed by atoms with Crippen molar-refractivity contribution in [1.29, 1.82) is 0 Å². The van der Waals surface area contributed by atoms with Gasteiger partial charge in [0.25, 0.3) is 5.91 Å². The standard InChI is InChI=1S/C22H29ClN2O3/c23-19-14-16(21(26)24-17-6-1-2-7-17)8-9-20(19)28-18-10-12-25(13-11-18)22(27)15-4-3-5-15/h8-9,14-15,17-18H,1-7,10-13H2,(H,24,26). The molecule has 1 saturated heterocycles. The van der Waals surface area contributed by atoms with E-state index in [-0.39, 0.29) is 24.0 Å². The van der Waals surface area contributed by atoms with Crippen molar-refractivity contribution in [2.45, 2.75) is 69.9 Å². The lowest BCUT2D eigenvalue weighted by molar-refractivity contribution is -0.140. The third-order valence-corrected chi connectivity index (χ3v) is 6.68. The third kappa shape index (κ3) is 4.45. The summed E-state index contributed by atoms with van der Waals surface area (Å²) >= 11 is 6.39. The van der Waals surface area contributed by atoms with E-state index in [2.05, 4.69) is 5.32 Å². The quantitative estimate of drug-likeness (QED) is 0.800. The van der Waals surface area contributed by atoms with Crippen LogP contribution in [0.15, 0.2) is 18.2 Å². The van der Waals surface area contributed by atoms with E-state index in [0.29, 0.717) is 22.2 Å². The summed E-state index contributed by atoms with van der Waals surface area (Å²) in [6, 6.07) is 5.55. The molecule has 0 unspecified atom stereocenters. The zero-order valence-electron chi connectivity index (χ0n) is 16.3. The molecule has 0 atom stereocenters. The van der Waals surface area contributed by atoms with E-state index < -0.39 is 0 Å². The van der Waals surface area contributed by atoms with Gasteiger partial charge in [0.15, 0.2) is 0 Å². The number of likely N-dealkylation sites (tertiary alicyclic amines) is 1. The topological polar surface area (TPSA) is 58.6 Å². The Balaban J connectivity index is 1.29. The van der Waals surface area contributed by atoms with E-state index >= 15 is 0 Å². The predicted octanol–water partition coefficient (Wildman–Crippen LogP) is 4.18. The molecule has 2 amide bonds. The summed E-state index contributed by atoms with van der Waals surface area (Å²) in [5.41, 5.74) is 0.574. The molecule has 1 aromatic rings. The summed E-state index contributed by atoms with van der Waals surface area (Å²) in [5, 5.41) is 3.55. The number of carbonyl (C=O) groups excluding carboxylic acids is 2. The highest BCUT2D eigenvalue weighted by molar-refractivity contribution is 6.32. The van der Waals surface area contributed by atoms with Crippen LogP contribution < -0.4 is 10.1 Å². The number of carbonyl (C=O) groups is 2. The largest absolute Gasteiger partial charge is 0.489 e. The van der Waals surface area contributed by atoms with Crippen molar-refractivity contribution in [1.82, 2.24) is 10.2 Å². The van der Waals surface area contributed by atoms with Crippen LogP contribution in [0.3, 0.4) is 0 Å². The average Bonchev–Trinajstić information content (AvgIpc) is 3.15. The molecule has 0 spiro atoms. The molecule has 5 nitrogen and oxygen atoms in total. The molecule has 152 valence electrons. The minimum absolute atomic E-state index is 0.0566. The maximum atomic E-state index is 12.4. The molecule has 2 saturated carbocycles. The minimum Gasteiger partial charge on any atom is -0.489 e. The van der Waals surface area contributed by atoms with Crippen LogP contribution in [0.2, 0.25) is 5.02 Å². The summed E-state index contributed by atoms with van der Waals surface area (Å²) in [4.78, 5) is 26.7. The van der Waals surface area contributed by atoms with Crippen molar-refractivity contribution in [2.24, 2.45) is 5.92 Å². The van der Waals surface area contributed by atoms with Gasteiger partial charge in [-0.25, -0.2) is 0 Å². The van der Waals surface area contributed by atoms with Gasteiger partial charge in [-0.3, -0.25) is 9.59 Å². The van der Waals surface area contributed by atoms with Gasteiger partial charge < -0.3 is 15.0 Å². The zero-order chi connectivity index (χ0) is 19.5. The molecular weight excluding hydrogens is 376 g/mol. The number of nitrogens with one attached hydrogen (secondary N) is 1. The first-order valence-electron chi connectivity index (χ1n) is 10.7. The first kappa shape index (κ1) is 19.6. The second-order valence-corrected chi connectivity index (χ2v) is 8.78. The Bertz CT molecular complexity index is 720. The van der Waals surface area contributed by atoms with Gasteiger partial charge in [-0.15, -0.1) is 0 Å². The van der Waals surface area contributed by atoms with E-state index in [1.807, 2.05) is 4.90 Å². The molecule has 4 rings (SSSR count). The van der Waals surface area contributed by atoms with Gasteiger partial charge in [-0.05, 0) is 43.9 Å². The predicted molar refractivity (Wildman–Crippen MR) is 109 cm³/mol. The highest BCUT2D eigenvalue weighted by Crippen LogP contribution is 2.31. The fourth-order valence-corrected chi connectivity index (χ4v) is 4.59. The Kier molecular flexibility index (Phi) is 6.10. The zero-order valence-corrected chi connectivity index (χ0v) is 17.0. The summed E-state index contributed by atoms with van der Waals surface area (Å²) in [6.07, 6.45) is 9.46. The lowest BCUT2D eigenvalue weighted by atomic mass is 9.84. The van der Waals surface area contributed by atoms with Crippen LogP contribution in [-0.2, 0) is 4.79 Å². The molecule has 0 bridgehead atoms. The van der Waals surface area contributed by atoms with E-state index in [4.69, 9.17) is 16.3 Å². The lowest BCUT2D eigenvalue weighted by Crippen LogP contribution is -2.45. The molecule has 0 aromatic heterocycles. The van der Waals surface area contributed by atoms with Crippen LogP contribution in [0.5, 0.6) is 5.75 Å². The monoisotopic (exact) mass is 404 g/mol. The number of hydrogen-bond acceptors (Lipinski definition) is 3. The molecule has 1 N–H and O–H groups in total. The smallest absolute Gasteiger partial charge is 0.251 e. The molecule has 0 radical (unpaired) electrons. The van der Waals surface area contributed by atoms with Gasteiger partial charge in [0, 0.05) is 43.5 Å². The van der Waals surface area contributed by atoms with E-state index in [9.17, 15) is 9.59 Å². The van der Waals surface area contributed by atoms with Gasteiger partial charge in [-0.2, -0.15) is 0 Å². The molecule has 3 fully saturated rings. The van der Waals surface area contributed by atoms with Crippen LogP contribution in [-0.4, -0.2) is 41.9 Å². The van der Waals surface area contributed by atoms with Gasteiger partial charge in [0.05, 0.1) is 5.02 Å². The van der Waals surface area contributed by atoms with Crippen molar-refractivity contribution in [2.75, 3.05) is 13.1 Å². The Morgan fingerprint density at radius 1 is 1.00 bits per heavy atom. The van der Waals surface area contributed by atoms with Crippen molar-refractivity contribution in [3.05, 3.63) is 28.8 Å². The molecule has 2 aliphatic carbocycles. The Morgan fingerprint density at radius 2 is 1.71 bits per heavy atom. The minimum atomic E-state index is -0.0665. The summed E-state index contributed by atoms with van der Waals surface area (Å²) in [7, 11) is 0. The number of halogens is 1. The molecule has 3 aliphatic rings. The van der Waals surface area contributed by atoms with Crippen LogP contribution in [0, 0.1) is 5.92 Å². The Labute approximate surface area is 171 Å². The summed E-state index contributed by atoms with van der Waals surface area (Å²) in [5.74, 6) is 1.13. The molecule has 1 aromatic carbocycles. The van der Waals surface area contributed by atoms with Crippen LogP contribution in [0.4, 0.5) is 0 Å². The highest BCUT2D eigenvalue weighted by atomic mass is 35.5. The second kappa shape index (κ2) is 8.73. The molecule has 1 aliphatic heterocycles. The van der Waals surface area contributed by atoms with Crippen LogP contribution in [0.25, 0.3) is 0 Å². The van der Waals surface area contributed by atoms with E-state index in [0.717, 1.165) is 51.6 Å². The van der Waals surface area contributed by atoms with Gasteiger partial charge in [0.2, 0.25) is 5.91 Å². The fraction of sp³-hybridized carbons (Fsp3) is 0.636. The maximum Gasteiger partial charge on any atom is 0.251 e. The van der Waals surface area contributed by atoms with Crippen molar-refractivity contribution in [3.8, 4) is 5.75 Å². The van der Waals surface area contributed by atoms with Crippen LogP contribution in [0.1, 0.15) is 68.1 Å². The Morgan fingerprint density at radius 3 is 2.32 bits per heavy atom. The molecule has 28 heavy (non-hydrogen) atoms. The third-order valence-electron chi connectivity index (χ3n) is 6.39. The SMILES string of the molecule is O=C(NC1CCCC1)c1ccc(OC2CCN(C(=O)C3CCC3)CC2)c(Cl)c1. The van der Waals surface area contributed by atoms with Crippen molar-refractivity contribution < 1.29 is 14.3 Å². The molecular formula is C22H29ClN2O3. The number of ether oxygens (including phenoxy) is 1. The van der Waals surface area contributed by atoms with Crippen molar-refractivity contribution >= 4 is 23.4 Å². The number of benzene rings is 1. The summed E-state index contributed by atoms with van der Waals surface area (Å²) < 4.78 is 6.08. The normalized spacial score (nSPS) is 21.4. The van der Waals surface area contributed by atoms with E-state index in [1.54, 1.807) is 18.2 Å². The first-order chi connectivity index (χ1) is 13.6.